The first-order valence-electron chi connectivity index (χ1n) is 5.33. The number of hydrogen-bond donors (Lipinski definition) is 1. The van der Waals surface area contributed by atoms with E-state index in [1.807, 2.05) is 11.6 Å². The zero-order valence-electron chi connectivity index (χ0n) is 8.76. The maximum absolute atomic E-state index is 11.2. The molecule has 16 heavy (non-hydrogen) atoms. The summed E-state index contributed by atoms with van der Waals surface area (Å²) >= 11 is 1.66. The molecule has 0 bridgehead atoms. The number of likely N-dealkylation sites (tertiary alicyclic amines) is 1. The summed E-state index contributed by atoms with van der Waals surface area (Å²) in [6, 6.07) is 0.154. The molecular weight excluding hydrogens is 226 g/mol. The van der Waals surface area contributed by atoms with E-state index in [1.165, 1.54) is 0 Å². The Morgan fingerprint density at radius 2 is 2.56 bits per heavy atom. The second-order valence-electron chi connectivity index (χ2n) is 4.14. The highest BCUT2D eigenvalue weighted by molar-refractivity contribution is 7.09. The largest absolute Gasteiger partial charge is 0.365 e. The monoisotopic (exact) mass is 239 g/mol. The molecule has 0 radical (unpaired) electrons. The normalized spacial score (nSPS) is 30.1. The Morgan fingerprint density at radius 1 is 1.62 bits per heavy atom. The Morgan fingerprint density at radius 3 is 3.38 bits per heavy atom. The first kappa shape index (κ1) is 10.2. The number of nitrogens with one attached hydrogen (secondary N) is 1. The number of aromatic nitrogens is 1. The average Bonchev–Trinajstić information content (AvgIpc) is 2.86. The topological polar surface area (TPSA) is 54.5 Å². The van der Waals surface area contributed by atoms with Crippen molar-refractivity contribution in [3.05, 3.63) is 16.6 Å². The predicted octanol–water partition coefficient (Wildman–Crippen LogP) is -0.158. The summed E-state index contributed by atoms with van der Waals surface area (Å²) in [6.07, 6.45) is 1.97. The zero-order valence-corrected chi connectivity index (χ0v) is 9.57. The zero-order chi connectivity index (χ0) is 11.0. The molecule has 1 N–H and O–H groups in total. The van der Waals surface area contributed by atoms with Gasteiger partial charge in [-0.1, -0.05) is 0 Å². The highest BCUT2D eigenvalue weighted by Gasteiger charge is 2.37. The van der Waals surface area contributed by atoms with Crippen molar-refractivity contribution in [2.45, 2.75) is 18.7 Å². The second kappa shape index (κ2) is 4.12. The van der Waals surface area contributed by atoms with Crippen LogP contribution >= 0.6 is 11.3 Å². The molecule has 6 heteroatoms. The highest BCUT2D eigenvalue weighted by atomic mass is 32.1. The molecule has 0 saturated carbocycles. The van der Waals surface area contributed by atoms with Crippen LogP contribution in [0.15, 0.2) is 11.6 Å². The van der Waals surface area contributed by atoms with Gasteiger partial charge >= 0.3 is 0 Å². The van der Waals surface area contributed by atoms with Crippen LogP contribution in [-0.2, 0) is 16.1 Å². The molecule has 1 aromatic rings. The van der Waals surface area contributed by atoms with E-state index in [-0.39, 0.29) is 24.7 Å². The van der Waals surface area contributed by atoms with Crippen molar-refractivity contribution in [3.8, 4) is 0 Å². The van der Waals surface area contributed by atoms with Crippen molar-refractivity contribution in [1.82, 2.24) is 15.2 Å². The fourth-order valence-corrected chi connectivity index (χ4v) is 2.90. The molecule has 5 nitrogen and oxygen atoms in total. The summed E-state index contributed by atoms with van der Waals surface area (Å²) in [6.45, 7) is 2.79. The van der Waals surface area contributed by atoms with Gasteiger partial charge in [0, 0.05) is 24.7 Å². The minimum Gasteiger partial charge on any atom is -0.365 e. The van der Waals surface area contributed by atoms with Crippen LogP contribution in [-0.4, -0.2) is 47.6 Å². The fraction of sp³-hybridized carbons (Fsp3) is 0.600. The van der Waals surface area contributed by atoms with E-state index in [4.69, 9.17) is 4.74 Å². The summed E-state index contributed by atoms with van der Waals surface area (Å²) in [4.78, 5) is 17.7. The minimum atomic E-state index is -0.00245. The van der Waals surface area contributed by atoms with Gasteiger partial charge in [-0.2, -0.15) is 0 Å². The van der Waals surface area contributed by atoms with Crippen LogP contribution in [0.3, 0.4) is 0 Å². The molecule has 3 rings (SSSR count). The van der Waals surface area contributed by atoms with Crippen molar-refractivity contribution in [2.75, 3.05) is 19.7 Å². The van der Waals surface area contributed by atoms with Crippen molar-refractivity contribution in [1.29, 1.82) is 0 Å². The first-order chi connectivity index (χ1) is 7.81. The van der Waals surface area contributed by atoms with Crippen molar-refractivity contribution in [3.63, 3.8) is 0 Å². The third-order valence-corrected chi connectivity index (χ3v) is 3.72. The van der Waals surface area contributed by atoms with Crippen LogP contribution in [0, 0.1) is 0 Å². The van der Waals surface area contributed by atoms with Crippen molar-refractivity contribution >= 4 is 17.2 Å². The Hall–Kier alpha value is -0.980. The molecule has 2 aliphatic heterocycles. The van der Waals surface area contributed by atoms with E-state index in [1.54, 1.807) is 11.3 Å². The molecule has 2 saturated heterocycles. The lowest BCUT2D eigenvalue weighted by Gasteiger charge is -2.25. The standard InChI is InChI=1S/C10H13N3O2S/c14-9-6-15-8-4-13(3-7(8)12-9)5-10-11-1-2-16-10/h1-2,7-8H,3-6H2,(H,12,14)/t7-,8-/m0/s1. The van der Waals surface area contributed by atoms with Crippen LogP contribution < -0.4 is 5.32 Å². The number of ether oxygens (including phenoxy) is 1. The number of amides is 1. The number of thiazole rings is 1. The molecule has 0 aromatic carbocycles. The van der Waals surface area contributed by atoms with Crippen molar-refractivity contribution < 1.29 is 9.53 Å². The Bertz CT molecular complexity index is 381. The van der Waals surface area contributed by atoms with Crippen LogP contribution in [0.2, 0.25) is 0 Å². The number of rotatable bonds is 2. The van der Waals surface area contributed by atoms with Gasteiger partial charge < -0.3 is 10.1 Å². The van der Waals surface area contributed by atoms with Gasteiger partial charge in [0.1, 0.15) is 11.6 Å². The van der Waals surface area contributed by atoms with Gasteiger partial charge in [0.25, 0.3) is 0 Å². The summed E-state index contributed by atoms with van der Waals surface area (Å²) in [5, 5.41) is 6.06. The SMILES string of the molecule is O=C1CO[C@H]2CN(Cc3nccs3)C[C@@H]2N1. The maximum Gasteiger partial charge on any atom is 0.246 e. The quantitative estimate of drug-likeness (QED) is 0.779. The maximum atomic E-state index is 11.2. The lowest BCUT2D eigenvalue weighted by Crippen LogP contribution is -2.50. The van der Waals surface area contributed by atoms with E-state index in [0.717, 1.165) is 24.6 Å². The average molecular weight is 239 g/mol. The number of carbonyl (C=O) groups is 1. The van der Waals surface area contributed by atoms with E-state index in [9.17, 15) is 4.79 Å². The van der Waals surface area contributed by atoms with Gasteiger partial charge in [0.05, 0.1) is 18.7 Å². The van der Waals surface area contributed by atoms with Gasteiger partial charge in [-0.3, -0.25) is 9.69 Å². The molecule has 86 valence electrons. The van der Waals surface area contributed by atoms with Crippen LogP contribution in [0.5, 0.6) is 0 Å². The molecule has 0 aliphatic carbocycles. The lowest BCUT2D eigenvalue weighted by atomic mass is 10.2. The number of nitrogens with zero attached hydrogens (tertiary/aromatic N) is 2. The molecule has 1 aromatic heterocycles. The molecule has 1 amide bonds. The van der Waals surface area contributed by atoms with Crippen molar-refractivity contribution in [2.24, 2.45) is 0 Å². The van der Waals surface area contributed by atoms with E-state index < -0.39 is 0 Å². The predicted molar refractivity (Wildman–Crippen MR) is 59.1 cm³/mol. The third-order valence-electron chi connectivity index (χ3n) is 2.96. The fourth-order valence-electron chi connectivity index (χ4n) is 2.24. The van der Waals surface area contributed by atoms with E-state index in [2.05, 4.69) is 15.2 Å². The smallest absolute Gasteiger partial charge is 0.246 e. The summed E-state index contributed by atoms with van der Waals surface area (Å²) in [5.41, 5.74) is 0. The van der Waals surface area contributed by atoms with Crippen LogP contribution in [0.1, 0.15) is 5.01 Å². The summed E-state index contributed by atoms with van der Waals surface area (Å²) < 4.78 is 5.49. The molecule has 2 fully saturated rings. The highest BCUT2D eigenvalue weighted by Crippen LogP contribution is 2.19. The molecule has 0 unspecified atom stereocenters. The molecular formula is C10H13N3O2S. The molecule has 0 spiro atoms. The summed E-state index contributed by atoms with van der Waals surface area (Å²) in [7, 11) is 0. The number of carbonyl (C=O) groups excluding carboxylic acids is 1. The Kier molecular flexibility index (Phi) is 2.62. The Labute approximate surface area is 97.4 Å². The summed E-state index contributed by atoms with van der Waals surface area (Å²) in [5.74, 6) is -0.00245. The van der Waals surface area contributed by atoms with E-state index in [0.29, 0.717) is 0 Å². The van der Waals surface area contributed by atoms with Gasteiger partial charge in [-0.25, -0.2) is 4.98 Å². The van der Waals surface area contributed by atoms with Gasteiger partial charge in [-0.15, -0.1) is 11.3 Å². The van der Waals surface area contributed by atoms with Crippen LogP contribution in [0.25, 0.3) is 0 Å². The minimum absolute atomic E-state index is 0.00245. The number of fused-ring (bicyclic) bond motifs is 1. The van der Waals surface area contributed by atoms with E-state index >= 15 is 0 Å². The van der Waals surface area contributed by atoms with Gasteiger partial charge in [0.15, 0.2) is 0 Å². The number of morpholine rings is 1. The molecule has 3 heterocycles. The third kappa shape index (κ3) is 1.95. The molecule has 2 aliphatic rings. The first-order valence-corrected chi connectivity index (χ1v) is 6.21. The Balaban J connectivity index is 1.62. The van der Waals surface area contributed by atoms with Gasteiger partial charge in [-0.05, 0) is 0 Å². The second-order valence-corrected chi connectivity index (χ2v) is 5.12. The number of hydrogen-bond acceptors (Lipinski definition) is 5. The van der Waals surface area contributed by atoms with Crippen LogP contribution in [0.4, 0.5) is 0 Å². The van der Waals surface area contributed by atoms with Gasteiger partial charge in [0.2, 0.25) is 5.91 Å². The lowest BCUT2D eigenvalue weighted by molar-refractivity contribution is -0.134. The molecule has 2 atom stereocenters.